The number of epoxide rings is 2. The minimum atomic E-state index is -1.00. The number of esters is 1. The van der Waals surface area contributed by atoms with Crippen LogP contribution in [0, 0.1) is 5.92 Å². The summed E-state index contributed by atoms with van der Waals surface area (Å²) in [7, 11) is 1.65. The quantitative estimate of drug-likeness (QED) is 0.174. The number of aliphatic carboxylic acids is 1. The van der Waals surface area contributed by atoms with Crippen LogP contribution in [0.4, 0.5) is 0 Å². The zero-order valence-corrected chi connectivity index (χ0v) is 19.7. The Morgan fingerprint density at radius 2 is 1.73 bits per heavy atom. The molecule has 3 aliphatic rings. The summed E-state index contributed by atoms with van der Waals surface area (Å²) in [5.74, 6) is -1.45. The fraction of sp³-hybridized carbons (Fsp3) is 0.538. The highest BCUT2D eigenvalue weighted by molar-refractivity contribution is 5.82. The van der Waals surface area contributed by atoms with Crippen LogP contribution in [0.2, 0.25) is 0 Å². The molecule has 1 aliphatic carbocycles. The molecular formula is C26H34O7. The van der Waals surface area contributed by atoms with Gasteiger partial charge in [0.25, 0.3) is 0 Å². The third-order valence-electron chi connectivity index (χ3n) is 6.53. The molecule has 3 rings (SSSR count). The Balaban J connectivity index is 1.59. The molecule has 6 atom stereocenters. The van der Waals surface area contributed by atoms with Crippen LogP contribution < -0.4 is 0 Å². The van der Waals surface area contributed by atoms with Gasteiger partial charge in [-0.1, -0.05) is 48.1 Å². The Hall–Kier alpha value is -2.48. The van der Waals surface area contributed by atoms with Crippen LogP contribution in [0.5, 0.6) is 0 Å². The van der Waals surface area contributed by atoms with E-state index in [0.29, 0.717) is 13.0 Å². The van der Waals surface area contributed by atoms with Crippen molar-refractivity contribution in [1.82, 2.24) is 0 Å². The summed E-state index contributed by atoms with van der Waals surface area (Å²) in [6.45, 7) is 6.96. The Morgan fingerprint density at radius 3 is 2.30 bits per heavy atom. The van der Waals surface area contributed by atoms with Gasteiger partial charge in [-0.3, -0.25) is 0 Å². The van der Waals surface area contributed by atoms with Crippen molar-refractivity contribution in [2.45, 2.75) is 69.5 Å². The molecule has 2 aliphatic heterocycles. The van der Waals surface area contributed by atoms with E-state index >= 15 is 0 Å². The van der Waals surface area contributed by atoms with Crippen molar-refractivity contribution in [3.63, 3.8) is 0 Å². The van der Waals surface area contributed by atoms with Gasteiger partial charge < -0.3 is 24.1 Å². The van der Waals surface area contributed by atoms with Crippen LogP contribution >= 0.6 is 0 Å². The number of allylic oxidation sites excluding steroid dienone is 7. The number of carbonyl (C=O) groups excluding carboxylic acids is 1. The highest BCUT2D eigenvalue weighted by Crippen LogP contribution is 2.59. The number of rotatable bonds is 10. The first kappa shape index (κ1) is 25.1. The van der Waals surface area contributed by atoms with Gasteiger partial charge in [-0.05, 0) is 40.0 Å². The Labute approximate surface area is 195 Å². The zero-order valence-electron chi connectivity index (χ0n) is 19.7. The first-order chi connectivity index (χ1) is 15.7. The number of carboxylic acids is 1. The molecule has 0 radical (unpaired) electrons. The van der Waals surface area contributed by atoms with Crippen molar-refractivity contribution >= 4 is 11.9 Å². The van der Waals surface area contributed by atoms with Gasteiger partial charge in [-0.25, -0.2) is 9.59 Å². The average molecular weight is 459 g/mol. The van der Waals surface area contributed by atoms with Crippen molar-refractivity contribution in [3.05, 3.63) is 60.3 Å². The molecule has 2 saturated heterocycles. The molecule has 180 valence electrons. The molecule has 33 heavy (non-hydrogen) atoms. The largest absolute Gasteiger partial charge is 0.478 e. The summed E-state index contributed by atoms with van der Waals surface area (Å²) in [6.07, 6.45) is 16.0. The second-order valence-electron chi connectivity index (χ2n) is 9.18. The first-order valence-corrected chi connectivity index (χ1v) is 11.3. The van der Waals surface area contributed by atoms with Crippen LogP contribution in [0.15, 0.2) is 60.3 Å². The normalized spacial score (nSPS) is 35.6. The second kappa shape index (κ2) is 10.6. The lowest BCUT2D eigenvalue weighted by Crippen LogP contribution is -2.55. The van der Waals surface area contributed by atoms with E-state index in [1.54, 1.807) is 37.5 Å². The highest BCUT2D eigenvalue weighted by atomic mass is 16.6. The number of hydrogen-bond donors (Lipinski definition) is 1. The molecule has 2 heterocycles. The molecule has 7 heteroatoms. The number of ether oxygens (including phenoxy) is 4. The maximum absolute atomic E-state index is 12.4. The minimum absolute atomic E-state index is 0.00928. The van der Waals surface area contributed by atoms with Crippen molar-refractivity contribution in [2.75, 3.05) is 13.7 Å². The van der Waals surface area contributed by atoms with E-state index in [2.05, 4.69) is 26.8 Å². The summed E-state index contributed by atoms with van der Waals surface area (Å²) in [5.41, 5.74) is 0.642. The predicted molar refractivity (Wildman–Crippen MR) is 124 cm³/mol. The van der Waals surface area contributed by atoms with Crippen molar-refractivity contribution < 1.29 is 33.6 Å². The van der Waals surface area contributed by atoms with E-state index in [-0.39, 0.29) is 35.4 Å². The summed E-state index contributed by atoms with van der Waals surface area (Å²) in [4.78, 5) is 22.8. The zero-order chi connectivity index (χ0) is 24.1. The average Bonchev–Trinajstić information content (AvgIpc) is 3.67. The molecule has 1 N–H and O–H groups in total. The number of methoxy groups -OCH3 is 1. The predicted octanol–water partition coefficient (Wildman–Crippen LogP) is 3.92. The number of carboxylic acid groups (broad SMARTS) is 1. The van der Waals surface area contributed by atoms with Gasteiger partial charge in [0.2, 0.25) is 0 Å². The van der Waals surface area contributed by atoms with Crippen LogP contribution in [0.25, 0.3) is 0 Å². The molecular weight excluding hydrogens is 424 g/mol. The number of hydrogen-bond acceptors (Lipinski definition) is 6. The minimum Gasteiger partial charge on any atom is -0.478 e. The fourth-order valence-corrected chi connectivity index (χ4v) is 4.79. The summed E-state index contributed by atoms with van der Waals surface area (Å²) < 4.78 is 23.8. The standard InChI is InChI=1S/C26H34O7/c1-18(2)13-14-20-25(3,33-20)24-23(30-4)19(15-16-26(24)17-31-26)32-22(29)12-10-8-6-5-7-9-11-21(27)28/h5-13,19-20,23-24H,14-17H2,1-4H3,(H,27,28)/b7-5+,8-6+,11-9+,12-10+/t19-,20-,23+,24+,25+,26-/m1/s1. The van der Waals surface area contributed by atoms with Gasteiger partial charge in [0.1, 0.15) is 23.4 Å². The van der Waals surface area contributed by atoms with Gasteiger partial charge in [0.05, 0.1) is 18.6 Å². The molecule has 0 aromatic heterocycles. The topological polar surface area (TPSA) is 97.9 Å². The summed E-state index contributed by atoms with van der Waals surface area (Å²) >= 11 is 0. The molecule has 0 amide bonds. The number of carbonyl (C=O) groups is 2. The van der Waals surface area contributed by atoms with Crippen LogP contribution in [0.1, 0.15) is 40.0 Å². The van der Waals surface area contributed by atoms with E-state index in [0.717, 1.165) is 18.9 Å². The maximum atomic E-state index is 12.4. The van der Waals surface area contributed by atoms with Gasteiger partial charge >= 0.3 is 11.9 Å². The van der Waals surface area contributed by atoms with Gasteiger partial charge in [0.15, 0.2) is 0 Å². The van der Waals surface area contributed by atoms with Gasteiger partial charge in [-0.2, -0.15) is 0 Å². The molecule has 0 aromatic carbocycles. The van der Waals surface area contributed by atoms with E-state index in [1.165, 1.54) is 17.7 Å². The van der Waals surface area contributed by atoms with E-state index in [4.69, 9.17) is 24.1 Å². The second-order valence-corrected chi connectivity index (χ2v) is 9.18. The highest BCUT2D eigenvalue weighted by Gasteiger charge is 2.72. The third-order valence-corrected chi connectivity index (χ3v) is 6.53. The lowest BCUT2D eigenvalue weighted by atomic mass is 9.68. The molecule has 1 saturated carbocycles. The van der Waals surface area contributed by atoms with E-state index in [1.807, 2.05) is 0 Å². The molecule has 0 unspecified atom stereocenters. The van der Waals surface area contributed by atoms with Gasteiger partial charge in [0, 0.05) is 19.3 Å². The van der Waals surface area contributed by atoms with Crippen molar-refractivity contribution in [2.24, 2.45) is 5.92 Å². The Morgan fingerprint density at radius 1 is 1.09 bits per heavy atom. The monoisotopic (exact) mass is 458 g/mol. The maximum Gasteiger partial charge on any atom is 0.331 e. The van der Waals surface area contributed by atoms with Crippen LogP contribution in [0.3, 0.4) is 0 Å². The summed E-state index contributed by atoms with van der Waals surface area (Å²) in [6, 6.07) is 0. The van der Waals surface area contributed by atoms with E-state index < -0.39 is 11.9 Å². The summed E-state index contributed by atoms with van der Waals surface area (Å²) in [5, 5.41) is 8.51. The molecule has 3 fully saturated rings. The fourth-order valence-electron chi connectivity index (χ4n) is 4.79. The van der Waals surface area contributed by atoms with Crippen molar-refractivity contribution in [3.8, 4) is 0 Å². The van der Waals surface area contributed by atoms with Gasteiger partial charge in [-0.15, -0.1) is 0 Å². The van der Waals surface area contributed by atoms with Crippen molar-refractivity contribution in [1.29, 1.82) is 0 Å². The molecule has 0 bridgehead atoms. The Bertz CT molecular complexity index is 873. The molecule has 0 aromatic rings. The van der Waals surface area contributed by atoms with Crippen LogP contribution in [-0.2, 0) is 28.5 Å². The SMILES string of the molecule is CO[C@@H]1[C@@H]([C@@]2(C)O[C@@H]2CC=C(C)C)[C@@]2(CC[C@H]1OC(=O)/C=C/C=C/C=C/C=C/C(=O)O)CO2. The lowest BCUT2D eigenvalue weighted by molar-refractivity contribution is -0.166. The molecule has 7 nitrogen and oxygen atoms in total. The first-order valence-electron chi connectivity index (χ1n) is 11.3. The lowest BCUT2D eigenvalue weighted by Gasteiger charge is -2.42. The van der Waals surface area contributed by atoms with Crippen LogP contribution in [-0.4, -0.2) is 60.3 Å². The Kier molecular flexibility index (Phi) is 8.10. The van der Waals surface area contributed by atoms with E-state index in [9.17, 15) is 9.59 Å². The third kappa shape index (κ3) is 6.31. The smallest absolute Gasteiger partial charge is 0.331 e. The molecule has 1 spiro atoms.